The van der Waals surface area contributed by atoms with E-state index in [2.05, 4.69) is 21.6 Å². The summed E-state index contributed by atoms with van der Waals surface area (Å²) in [6, 6.07) is 0. The SMILES string of the molecule is Cc1c(N)nsc1NCC1CCN(C)CC1. The Bertz CT molecular complexity index is 342. The smallest absolute Gasteiger partial charge is 0.142 e. The van der Waals surface area contributed by atoms with Crippen molar-refractivity contribution in [1.29, 1.82) is 0 Å². The standard InChI is InChI=1S/C11H20N4S/c1-8-10(12)14-16-11(8)13-7-9-3-5-15(2)6-4-9/h9,13H,3-7H2,1-2H3,(H2,12,14). The predicted octanol–water partition coefficient (Wildman–Crippen LogP) is 1.79. The molecule has 0 atom stereocenters. The molecule has 0 unspecified atom stereocenters. The van der Waals surface area contributed by atoms with Crippen LogP contribution in [-0.4, -0.2) is 36.0 Å². The van der Waals surface area contributed by atoms with Crippen LogP contribution in [0.1, 0.15) is 18.4 Å². The summed E-state index contributed by atoms with van der Waals surface area (Å²) in [7, 11) is 2.19. The molecule has 1 aliphatic rings. The Balaban J connectivity index is 1.81. The summed E-state index contributed by atoms with van der Waals surface area (Å²) in [5.74, 6) is 1.45. The molecule has 1 saturated heterocycles. The van der Waals surface area contributed by atoms with Crippen LogP contribution in [0.3, 0.4) is 0 Å². The van der Waals surface area contributed by atoms with Gasteiger partial charge in [0, 0.05) is 12.1 Å². The van der Waals surface area contributed by atoms with Gasteiger partial charge in [0.05, 0.1) is 0 Å². The minimum Gasteiger partial charge on any atom is -0.383 e. The number of nitrogens with one attached hydrogen (secondary N) is 1. The molecule has 1 aliphatic heterocycles. The van der Waals surface area contributed by atoms with Gasteiger partial charge < -0.3 is 16.0 Å². The van der Waals surface area contributed by atoms with Crippen molar-refractivity contribution in [2.45, 2.75) is 19.8 Å². The van der Waals surface area contributed by atoms with Crippen molar-refractivity contribution in [3.63, 3.8) is 0 Å². The molecule has 1 aromatic rings. The van der Waals surface area contributed by atoms with E-state index in [0.717, 1.165) is 23.0 Å². The van der Waals surface area contributed by atoms with Gasteiger partial charge in [0.2, 0.25) is 0 Å². The number of likely N-dealkylation sites (tertiary alicyclic amines) is 1. The molecule has 0 amide bonds. The van der Waals surface area contributed by atoms with E-state index in [0.29, 0.717) is 5.82 Å². The van der Waals surface area contributed by atoms with Crippen LogP contribution in [0.25, 0.3) is 0 Å². The highest BCUT2D eigenvalue weighted by Gasteiger charge is 2.17. The normalized spacial score (nSPS) is 18.9. The summed E-state index contributed by atoms with van der Waals surface area (Å²) >= 11 is 1.47. The fourth-order valence-corrected chi connectivity index (χ4v) is 2.73. The molecule has 3 N–H and O–H groups in total. The Morgan fingerprint density at radius 1 is 1.50 bits per heavy atom. The molecule has 0 spiro atoms. The number of hydrogen-bond donors (Lipinski definition) is 2. The van der Waals surface area contributed by atoms with Gasteiger partial charge >= 0.3 is 0 Å². The second-order valence-electron chi connectivity index (χ2n) is 4.65. The van der Waals surface area contributed by atoms with Crippen LogP contribution in [0.4, 0.5) is 10.8 Å². The molecular formula is C11H20N4S. The largest absolute Gasteiger partial charge is 0.383 e. The third kappa shape index (κ3) is 2.65. The number of nitrogens with zero attached hydrogens (tertiary/aromatic N) is 2. The second-order valence-corrected chi connectivity index (χ2v) is 5.42. The van der Waals surface area contributed by atoms with Crippen molar-refractivity contribution in [3.05, 3.63) is 5.56 Å². The maximum absolute atomic E-state index is 5.72. The Labute approximate surface area is 101 Å². The predicted molar refractivity (Wildman–Crippen MR) is 70.0 cm³/mol. The lowest BCUT2D eigenvalue weighted by Crippen LogP contribution is -2.32. The average molecular weight is 240 g/mol. The third-order valence-electron chi connectivity index (χ3n) is 3.35. The number of rotatable bonds is 3. The van der Waals surface area contributed by atoms with E-state index in [4.69, 9.17) is 5.73 Å². The molecular weight excluding hydrogens is 220 g/mol. The summed E-state index contributed by atoms with van der Waals surface area (Å²) in [5, 5.41) is 4.61. The highest BCUT2D eigenvalue weighted by Crippen LogP contribution is 2.26. The fourth-order valence-electron chi connectivity index (χ4n) is 2.02. The maximum Gasteiger partial charge on any atom is 0.142 e. The quantitative estimate of drug-likeness (QED) is 0.845. The van der Waals surface area contributed by atoms with Gasteiger partial charge in [-0.25, -0.2) is 0 Å². The zero-order valence-corrected chi connectivity index (χ0v) is 10.8. The van der Waals surface area contributed by atoms with Gasteiger partial charge in [-0.05, 0) is 57.4 Å². The number of anilines is 2. The summed E-state index contributed by atoms with van der Waals surface area (Å²) in [4.78, 5) is 2.40. The summed E-state index contributed by atoms with van der Waals surface area (Å²) in [6.07, 6.45) is 2.58. The van der Waals surface area contributed by atoms with Gasteiger partial charge in [0.15, 0.2) is 0 Å². The summed E-state index contributed by atoms with van der Waals surface area (Å²) in [6.45, 7) is 5.51. The van der Waals surface area contributed by atoms with Gasteiger partial charge in [-0.15, -0.1) is 0 Å². The first-order chi connectivity index (χ1) is 7.66. The lowest BCUT2D eigenvalue weighted by atomic mass is 9.97. The second kappa shape index (κ2) is 5.01. The molecule has 0 saturated carbocycles. The highest BCUT2D eigenvalue weighted by molar-refractivity contribution is 7.10. The minimum atomic E-state index is 0.663. The first-order valence-electron chi connectivity index (χ1n) is 5.81. The third-order valence-corrected chi connectivity index (χ3v) is 4.27. The molecule has 0 bridgehead atoms. The zero-order valence-electron chi connectivity index (χ0n) is 9.99. The van der Waals surface area contributed by atoms with Crippen molar-refractivity contribution in [2.75, 3.05) is 37.7 Å². The molecule has 2 rings (SSSR count). The number of nitrogens with two attached hydrogens (primary N) is 1. The number of aromatic nitrogens is 1. The van der Waals surface area contributed by atoms with E-state index >= 15 is 0 Å². The zero-order chi connectivity index (χ0) is 11.5. The molecule has 5 heteroatoms. The monoisotopic (exact) mass is 240 g/mol. The molecule has 1 fully saturated rings. The molecule has 4 nitrogen and oxygen atoms in total. The van der Waals surface area contributed by atoms with Gasteiger partial charge in [-0.2, -0.15) is 4.37 Å². The Kier molecular flexibility index (Phi) is 3.66. The van der Waals surface area contributed by atoms with Crippen molar-refractivity contribution in [1.82, 2.24) is 9.27 Å². The van der Waals surface area contributed by atoms with E-state index in [1.54, 1.807) is 0 Å². The van der Waals surface area contributed by atoms with Gasteiger partial charge in [-0.1, -0.05) is 0 Å². The number of nitrogen functional groups attached to an aromatic ring is 1. The van der Waals surface area contributed by atoms with E-state index in [-0.39, 0.29) is 0 Å². The summed E-state index contributed by atoms with van der Waals surface area (Å²) in [5.41, 5.74) is 6.82. The molecule has 90 valence electrons. The van der Waals surface area contributed by atoms with Crippen molar-refractivity contribution >= 4 is 22.4 Å². The Morgan fingerprint density at radius 2 is 2.19 bits per heavy atom. The first-order valence-corrected chi connectivity index (χ1v) is 6.58. The molecule has 16 heavy (non-hydrogen) atoms. The topological polar surface area (TPSA) is 54.2 Å². The van der Waals surface area contributed by atoms with Crippen LogP contribution in [0, 0.1) is 12.8 Å². The van der Waals surface area contributed by atoms with Crippen LogP contribution in [0.2, 0.25) is 0 Å². The maximum atomic E-state index is 5.72. The highest BCUT2D eigenvalue weighted by atomic mass is 32.1. The molecule has 0 radical (unpaired) electrons. The molecule has 0 aliphatic carbocycles. The van der Waals surface area contributed by atoms with E-state index in [9.17, 15) is 0 Å². The summed E-state index contributed by atoms with van der Waals surface area (Å²) < 4.78 is 4.14. The van der Waals surface area contributed by atoms with Gasteiger partial charge in [0.1, 0.15) is 10.8 Å². The van der Waals surface area contributed by atoms with Crippen molar-refractivity contribution in [2.24, 2.45) is 5.92 Å². The average Bonchev–Trinajstić information content (AvgIpc) is 2.60. The van der Waals surface area contributed by atoms with Gasteiger partial charge in [0.25, 0.3) is 0 Å². The molecule has 2 heterocycles. The Hall–Kier alpha value is -0.810. The van der Waals surface area contributed by atoms with Crippen LogP contribution < -0.4 is 11.1 Å². The molecule has 1 aromatic heterocycles. The number of hydrogen-bond acceptors (Lipinski definition) is 5. The first kappa shape index (κ1) is 11.7. The van der Waals surface area contributed by atoms with Gasteiger partial charge in [-0.3, -0.25) is 0 Å². The van der Waals surface area contributed by atoms with E-state index < -0.39 is 0 Å². The van der Waals surface area contributed by atoms with Crippen LogP contribution in [-0.2, 0) is 0 Å². The van der Waals surface area contributed by atoms with Crippen molar-refractivity contribution in [3.8, 4) is 0 Å². The fraction of sp³-hybridized carbons (Fsp3) is 0.727. The minimum absolute atomic E-state index is 0.663. The van der Waals surface area contributed by atoms with Crippen molar-refractivity contribution < 1.29 is 0 Å². The van der Waals surface area contributed by atoms with E-state index in [1.807, 2.05) is 6.92 Å². The van der Waals surface area contributed by atoms with Crippen LogP contribution in [0.5, 0.6) is 0 Å². The lowest BCUT2D eigenvalue weighted by Gasteiger charge is -2.29. The van der Waals surface area contributed by atoms with E-state index in [1.165, 1.54) is 37.5 Å². The van der Waals surface area contributed by atoms with Crippen LogP contribution in [0.15, 0.2) is 0 Å². The lowest BCUT2D eigenvalue weighted by molar-refractivity contribution is 0.226. The Morgan fingerprint density at radius 3 is 2.75 bits per heavy atom. The number of piperidine rings is 1. The molecule has 0 aromatic carbocycles. The van der Waals surface area contributed by atoms with Crippen LogP contribution >= 0.6 is 11.5 Å².